The number of hydrogen-bond donors (Lipinski definition) is 1. The van der Waals surface area contributed by atoms with Gasteiger partial charge in [0, 0.05) is 16.3 Å². The first-order chi connectivity index (χ1) is 12.7. The highest BCUT2D eigenvalue weighted by atomic mass is 35.5. The van der Waals surface area contributed by atoms with Crippen LogP contribution in [0.5, 0.6) is 11.5 Å². The second-order valence-electron chi connectivity index (χ2n) is 5.43. The van der Waals surface area contributed by atoms with Gasteiger partial charge in [-0.05, 0) is 29.8 Å². The van der Waals surface area contributed by atoms with E-state index >= 15 is 0 Å². The predicted octanol–water partition coefficient (Wildman–Crippen LogP) is 4.71. The summed E-state index contributed by atoms with van der Waals surface area (Å²) in [5.74, 6) is 1.13. The molecule has 1 aliphatic rings. The highest BCUT2D eigenvalue weighted by Crippen LogP contribution is 2.35. The third-order valence-electron chi connectivity index (χ3n) is 3.75. The molecule has 130 valence electrons. The fraction of sp³-hybridized carbons (Fsp3) is 0.0526. The molecule has 7 heteroatoms. The van der Waals surface area contributed by atoms with Gasteiger partial charge in [-0.1, -0.05) is 41.9 Å². The molecular weight excluding hydrogens is 372 g/mol. The second kappa shape index (κ2) is 7.19. The molecule has 0 spiro atoms. The Labute approximate surface area is 158 Å². The standard InChI is InChI=1S/C19H13ClN2O3S/c20-17-13-5-1-2-6-16(13)26-18(17)19(23)22-21-9-3-4-12-7-8-14-15(10-12)25-11-24-14/h1-10H,11H2,(H,22,23). The minimum absolute atomic E-state index is 0.246. The van der Waals surface area contributed by atoms with E-state index in [1.165, 1.54) is 17.6 Å². The van der Waals surface area contributed by atoms with E-state index in [1.807, 2.05) is 48.5 Å². The van der Waals surface area contributed by atoms with Crippen LogP contribution in [0.25, 0.3) is 16.2 Å². The quantitative estimate of drug-likeness (QED) is 0.523. The third kappa shape index (κ3) is 3.29. The predicted molar refractivity (Wildman–Crippen MR) is 104 cm³/mol. The summed E-state index contributed by atoms with van der Waals surface area (Å²) in [5.41, 5.74) is 3.43. The molecule has 2 heterocycles. The molecule has 3 aromatic rings. The zero-order valence-corrected chi connectivity index (χ0v) is 15.0. The Kier molecular flexibility index (Phi) is 4.60. The molecule has 0 fully saturated rings. The van der Waals surface area contributed by atoms with Gasteiger partial charge in [-0.15, -0.1) is 11.3 Å². The topological polar surface area (TPSA) is 59.9 Å². The van der Waals surface area contributed by atoms with Gasteiger partial charge >= 0.3 is 0 Å². The minimum atomic E-state index is -0.330. The van der Waals surface area contributed by atoms with E-state index in [0.29, 0.717) is 9.90 Å². The number of amides is 1. The number of nitrogens with one attached hydrogen (secondary N) is 1. The summed E-state index contributed by atoms with van der Waals surface area (Å²) in [5, 5.41) is 5.25. The Hall–Kier alpha value is -2.83. The fourth-order valence-electron chi connectivity index (χ4n) is 2.52. The van der Waals surface area contributed by atoms with Crippen LogP contribution in [0.4, 0.5) is 0 Å². The molecule has 0 radical (unpaired) electrons. The molecule has 0 aliphatic carbocycles. The van der Waals surface area contributed by atoms with Crippen LogP contribution in [0.2, 0.25) is 5.02 Å². The molecule has 26 heavy (non-hydrogen) atoms. The molecule has 0 bridgehead atoms. The Morgan fingerprint density at radius 2 is 2.04 bits per heavy atom. The van der Waals surface area contributed by atoms with Crippen LogP contribution in [0.1, 0.15) is 15.2 Å². The summed E-state index contributed by atoms with van der Waals surface area (Å²) in [7, 11) is 0. The van der Waals surface area contributed by atoms with E-state index in [1.54, 1.807) is 6.08 Å². The lowest BCUT2D eigenvalue weighted by molar-refractivity contribution is 0.0959. The average molecular weight is 385 g/mol. The van der Waals surface area contributed by atoms with Crippen molar-refractivity contribution in [3.8, 4) is 11.5 Å². The monoisotopic (exact) mass is 384 g/mol. The maximum Gasteiger partial charge on any atom is 0.283 e. The number of fused-ring (bicyclic) bond motifs is 2. The number of carbonyl (C=O) groups excluding carboxylic acids is 1. The van der Waals surface area contributed by atoms with Crippen molar-refractivity contribution in [2.24, 2.45) is 5.10 Å². The molecule has 0 saturated carbocycles. The molecule has 1 amide bonds. The molecular formula is C19H13ClN2O3S. The van der Waals surface area contributed by atoms with Crippen LogP contribution < -0.4 is 14.9 Å². The largest absolute Gasteiger partial charge is 0.454 e. The van der Waals surface area contributed by atoms with E-state index < -0.39 is 0 Å². The van der Waals surface area contributed by atoms with Crippen molar-refractivity contribution in [1.29, 1.82) is 0 Å². The summed E-state index contributed by atoms with van der Waals surface area (Å²) in [4.78, 5) is 12.7. The van der Waals surface area contributed by atoms with Crippen LogP contribution in [-0.2, 0) is 0 Å². The number of hydrogen-bond acceptors (Lipinski definition) is 5. The number of allylic oxidation sites excluding steroid dienone is 1. The van der Waals surface area contributed by atoms with Crippen molar-refractivity contribution in [1.82, 2.24) is 5.43 Å². The lowest BCUT2D eigenvalue weighted by atomic mass is 10.2. The van der Waals surface area contributed by atoms with Crippen molar-refractivity contribution < 1.29 is 14.3 Å². The number of rotatable bonds is 4. The smallest absolute Gasteiger partial charge is 0.283 e. The minimum Gasteiger partial charge on any atom is -0.454 e. The van der Waals surface area contributed by atoms with Gasteiger partial charge in [-0.2, -0.15) is 5.10 Å². The second-order valence-corrected chi connectivity index (χ2v) is 6.86. The van der Waals surface area contributed by atoms with Crippen molar-refractivity contribution in [3.05, 3.63) is 64.0 Å². The first kappa shape index (κ1) is 16.6. The first-order valence-electron chi connectivity index (χ1n) is 7.79. The SMILES string of the molecule is O=C(NN=CC=Cc1ccc2c(c1)OCO2)c1sc2ccccc2c1Cl. The fourth-order valence-corrected chi connectivity index (χ4v) is 3.93. The molecule has 5 nitrogen and oxygen atoms in total. The number of hydrazone groups is 1. The molecule has 2 aromatic carbocycles. The summed E-state index contributed by atoms with van der Waals surface area (Å²) in [6.07, 6.45) is 5.08. The maximum atomic E-state index is 12.2. The molecule has 0 saturated heterocycles. The molecule has 0 atom stereocenters. The van der Waals surface area contributed by atoms with Gasteiger partial charge in [0.15, 0.2) is 11.5 Å². The van der Waals surface area contributed by atoms with Crippen LogP contribution in [-0.4, -0.2) is 18.9 Å². The number of carbonyl (C=O) groups is 1. The van der Waals surface area contributed by atoms with Crippen LogP contribution in [0.15, 0.2) is 53.6 Å². The highest BCUT2D eigenvalue weighted by molar-refractivity contribution is 7.21. The van der Waals surface area contributed by atoms with E-state index in [4.69, 9.17) is 21.1 Å². The van der Waals surface area contributed by atoms with Crippen molar-refractivity contribution in [3.63, 3.8) is 0 Å². The van der Waals surface area contributed by atoms with Crippen LogP contribution >= 0.6 is 22.9 Å². The Bertz CT molecular complexity index is 1040. The summed E-state index contributed by atoms with van der Waals surface area (Å²) in [6, 6.07) is 13.3. The van der Waals surface area contributed by atoms with E-state index in [9.17, 15) is 4.79 Å². The van der Waals surface area contributed by atoms with Gasteiger partial charge in [0.1, 0.15) is 4.88 Å². The van der Waals surface area contributed by atoms with Crippen LogP contribution in [0, 0.1) is 0 Å². The van der Waals surface area contributed by atoms with E-state index in [0.717, 1.165) is 27.1 Å². The van der Waals surface area contributed by atoms with Crippen LogP contribution in [0.3, 0.4) is 0 Å². The third-order valence-corrected chi connectivity index (χ3v) is 5.43. The average Bonchev–Trinajstić information content (AvgIpc) is 3.26. The zero-order valence-electron chi connectivity index (χ0n) is 13.4. The Morgan fingerprint density at radius 1 is 1.19 bits per heavy atom. The van der Waals surface area contributed by atoms with Gasteiger partial charge in [-0.25, -0.2) is 5.43 Å². The Balaban J connectivity index is 1.40. The van der Waals surface area contributed by atoms with Crippen molar-refractivity contribution in [2.45, 2.75) is 0 Å². The lowest BCUT2D eigenvalue weighted by Crippen LogP contribution is -2.16. The van der Waals surface area contributed by atoms with Gasteiger partial charge in [0.25, 0.3) is 5.91 Å². The molecule has 1 N–H and O–H groups in total. The number of benzene rings is 2. The van der Waals surface area contributed by atoms with Gasteiger partial charge < -0.3 is 9.47 Å². The first-order valence-corrected chi connectivity index (χ1v) is 8.98. The number of ether oxygens (including phenoxy) is 2. The van der Waals surface area contributed by atoms with Crippen molar-refractivity contribution >= 4 is 51.2 Å². The van der Waals surface area contributed by atoms with Gasteiger partial charge in [0.2, 0.25) is 6.79 Å². The lowest BCUT2D eigenvalue weighted by Gasteiger charge is -1.97. The van der Waals surface area contributed by atoms with Gasteiger partial charge in [-0.3, -0.25) is 4.79 Å². The molecule has 1 aliphatic heterocycles. The van der Waals surface area contributed by atoms with E-state index in [-0.39, 0.29) is 12.7 Å². The van der Waals surface area contributed by atoms with Crippen molar-refractivity contribution in [2.75, 3.05) is 6.79 Å². The summed E-state index contributed by atoms with van der Waals surface area (Å²) >= 11 is 7.62. The maximum absolute atomic E-state index is 12.2. The zero-order chi connectivity index (χ0) is 17.9. The Morgan fingerprint density at radius 3 is 2.92 bits per heavy atom. The normalized spacial score (nSPS) is 13.1. The summed E-state index contributed by atoms with van der Waals surface area (Å²) in [6.45, 7) is 0.246. The van der Waals surface area contributed by atoms with E-state index in [2.05, 4.69) is 10.5 Å². The summed E-state index contributed by atoms with van der Waals surface area (Å²) < 4.78 is 11.6. The number of halogens is 1. The highest BCUT2D eigenvalue weighted by Gasteiger charge is 2.16. The molecule has 0 unspecified atom stereocenters. The molecule has 1 aromatic heterocycles. The molecule has 4 rings (SSSR count). The number of nitrogens with zero attached hydrogens (tertiary/aromatic N) is 1. The van der Waals surface area contributed by atoms with Gasteiger partial charge in [0.05, 0.1) is 5.02 Å². The number of thiophene rings is 1.